The maximum Gasteiger partial charge on any atom is 0.413 e. The molecule has 22 nitrogen and oxygen atoms in total. The fraction of sp³-hybridized carbons (Fsp3) is 0.284. The van der Waals surface area contributed by atoms with E-state index in [0.29, 0.717) is 17.2 Å². The van der Waals surface area contributed by atoms with E-state index in [1.54, 1.807) is 45.7 Å². The van der Waals surface area contributed by atoms with Crippen molar-refractivity contribution in [1.29, 1.82) is 0 Å². The van der Waals surface area contributed by atoms with Gasteiger partial charge in [-0.25, -0.2) is 29.0 Å². The number of nitrogens with zero attached hydrogens (tertiary/aromatic N) is 12. The summed E-state index contributed by atoms with van der Waals surface area (Å²) in [6.45, 7) is 30.3. The van der Waals surface area contributed by atoms with Gasteiger partial charge in [-0.05, 0) is 138 Å². The van der Waals surface area contributed by atoms with E-state index in [1.807, 2.05) is 89.6 Å². The van der Waals surface area contributed by atoms with Crippen molar-refractivity contribution < 1.29 is 50.7 Å². The zero-order valence-corrected chi connectivity index (χ0v) is 63.1. The zero-order valence-electron chi connectivity index (χ0n) is 57.8. The highest BCUT2D eigenvalue weighted by Gasteiger charge is 2.20. The summed E-state index contributed by atoms with van der Waals surface area (Å²) < 4.78 is 36.7. The topological polar surface area (TPSA) is 307 Å². The molecule has 0 bridgehead atoms. The average Bonchev–Trinajstić information content (AvgIpc) is 1.64. The number of pyridine rings is 5. The number of piperazine rings is 1. The molecule has 0 saturated carbocycles. The first-order valence-electron chi connectivity index (χ1n) is 31.5. The normalized spacial score (nSPS) is 12.1. The van der Waals surface area contributed by atoms with E-state index in [2.05, 4.69) is 229 Å². The molecule has 0 amide bonds. The molecule has 530 valence electrons. The van der Waals surface area contributed by atoms with Gasteiger partial charge in [-0.1, -0.05) is 206 Å². The third kappa shape index (κ3) is 24.5. The molecule has 13 rings (SSSR count). The van der Waals surface area contributed by atoms with Crippen LogP contribution in [-0.2, 0) is 36.3 Å². The van der Waals surface area contributed by atoms with E-state index in [1.165, 1.54) is 26.9 Å². The molecule has 12 aromatic rings. The summed E-state index contributed by atoms with van der Waals surface area (Å²) in [7, 11) is -4.38. The summed E-state index contributed by atoms with van der Waals surface area (Å²) in [5, 5.41) is 16.8. The van der Waals surface area contributed by atoms with Crippen molar-refractivity contribution in [1.82, 2.24) is 54.1 Å². The molecular weight excluding hydrogens is 1480 g/mol. The lowest BCUT2D eigenvalue weighted by molar-refractivity contribution is -0.623. The number of aromatic nitrogens is 11. The smallest absolute Gasteiger partial charge is 0.413 e. The number of carbonyl (C=O) groups is 1. The number of benzene rings is 4. The largest absolute Gasteiger partial charge is 1.00 e. The molecule has 1 aliphatic rings. The molecule has 1 aliphatic heterocycles. The summed E-state index contributed by atoms with van der Waals surface area (Å²) in [5.41, 5.74) is 22.7. The number of halogens is 3. The molecule has 0 aliphatic carbocycles. The zero-order chi connectivity index (χ0) is 71.6. The molecule has 1 saturated heterocycles. The van der Waals surface area contributed by atoms with Gasteiger partial charge >= 0.3 is 10.4 Å². The van der Waals surface area contributed by atoms with E-state index in [0.717, 1.165) is 87.7 Å². The van der Waals surface area contributed by atoms with Gasteiger partial charge in [0.1, 0.15) is 22.4 Å². The molecule has 0 radical (unpaired) electrons. The number of hydrogen-bond donors (Lipinski definition) is 6. The maximum absolute atomic E-state index is 10.8. The van der Waals surface area contributed by atoms with Crippen LogP contribution in [0.25, 0.3) is 51.1 Å². The van der Waals surface area contributed by atoms with Crippen LogP contribution in [0.4, 0.5) is 17.5 Å². The molecule has 4 aromatic carbocycles. The monoisotopic (exact) mass is 1570 g/mol. The summed E-state index contributed by atoms with van der Waals surface area (Å²) in [6, 6.07) is 61.7. The first kappa shape index (κ1) is 81.9. The van der Waals surface area contributed by atoms with Gasteiger partial charge in [-0.15, -0.1) is 20.0 Å². The molecule has 26 heteroatoms. The number of carbonyl (C=O) groups excluding carboxylic acids is 1. The lowest BCUT2D eigenvalue weighted by atomic mass is 9.87. The van der Waals surface area contributed by atoms with Crippen molar-refractivity contribution in [2.24, 2.45) is 5.90 Å². The van der Waals surface area contributed by atoms with Gasteiger partial charge < -0.3 is 39.9 Å². The third-order valence-electron chi connectivity index (χ3n) is 15.1. The standard InChI is InChI=1S/C20H25N5.C16H16BrN3.C16H17N3.C11H13ClO.C5H7N3.C5H6N2.CH4.HI.H3NO4S/c1-20(2,3)16-9-7-15(8-10-16)19-22-17-5-4-6-18(25(17)23-19)24-13-11-21-12-14-24;1-16(2,3)12-9-7-11(8-10-12)15-18-14-6-4-5-13(17)20(14)19-15;1-16(2,3)13-9-7-12(8-10-13)15-17-14-6-4-5-11-19(14)18-15;1-11(2,3)9-6-4-8(5-7-9)10(12)13;6-5-3-1-2-4-8(5)7;6-5-3-1-2-4-7-5;;;1-5-6(2,3)4/h4-10,21H,11-14H2,1-3H3;4-10H,1-3H3;4-11H,1-3H3;4-7H,1-3H3;1-4,6H,7H2;1-4H,(H2,6,7);1H4;1H;1H2,(H,2,3,4). The fourth-order valence-corrected chi connectivity index (χ4v) is 9.94. The highest BCUT2D eigenvalue weighted by atomic mass is 127. The summed E-state index contributed by atoms with van der Waals surface area (Å²) in [4.78, 5) is 30.7. The highest BCUT2D eigenvalue weighted by Crippen LogP contribution is 2.30. The Hall–Kier alpha value is -8.80. The summed E-state index contributed by atoms with van der Waals surface area (Å²) >= 11 is 8.81. The Morgan fingerprint density at radius 2 is 0.970 bits per heavy atom. The predicted octanol–water partition coefficient (Wildman–Crippen LogP) is 10.9. The fourth-order valence-electron chi connectivity index (χ4n) is 9.40. The van der Waals surface area contributed by atoms with Crippen LogP contribution in [0.5, 0.6) is 0 Å². The lowest BCUT2D eigenvalue weighted by Crippen LogP contribution is -3.00. The van der Waals surface area contributed by atoms with E-state index in [4.69, 9.17) is 43.5 Å². The average molecular weight is 1570 g/mol. The Labute approximate surface area is 617 Å². The minimum atomic E-state index is -4.38. The van der Waals surface area contributed by atoms with Crippen LogP contribution >= 0.6 is 27.5 Å². The van der Waals surface area contributed by atoms with E-state index in [-0.39, 0.29) is 53.1 Å². The lowest BCUT2D eigenvalue weighted by Gasteiger charge is -2.29. The van der Waals surface area contributed by atoms with E-state index >= 15 is 0 Å². The van der Waals surface area contributed by atoms with E-state index < -0.39 is 15.6 Å². The van der Waals surface area contributed by atoms with Crippen molar-refractivity contribution >= 4 is 77.6 Å². The second kappa shape index (κ2) is 36.5. The van der Waals surface area contributed by atoms with Gasteiger partial charge in [0, 0.05) is 66.9 Å². The van der Waals surface area contributed by atoms with Gasteiger partial charge in [0.25, 0.3) is 11.1 Å². The van der Waals surface area contributed by atoms with Crippen molar-refractivity contribution in [3.63, 3.8) is 0 Å². The second-order valence-electron chi connectivity index (χ2n) is 26.7. The van der Waals surface area contributed by atoms with Crippen LogP contribution in [0.1, 0.15) is 123 Å². The molecule has 0 spiro atoms. The minimum Gasteiger partial charge on any atom is -1.00 e. The number of nitrogens with two attached hydrogens (primary N) is 4. The Morgan fingerprint density at radius 1 is 0.560 bits per heavy atom. The number of fused-ring (bicyclic) bond motifs is 3. The van der Waals surface area contributed by atoms with E-state index in [9.17, 15) is 13.2 Å². The Balaban J connectivity index is 0.000000221. The molecular formula is C74H92BrClIN17O5S. The minimum absolute atomic E-state index is 0. The van der Waals surface area contributed by atoms with Gasteiger partial charge in [0.15, 0.2) is 34.4 Å². The first-order valence-corrected chi connectivity index (χ1v) is 34.0. The quantitative estimate of drug-likeness (QED) is 0.0171. The van der Waals surface area contributed by atoms with Gasteiger partial charge in [-0.3, -0.25) is 20.9 Å². The van der Waals surface area contributed by atoms with Crippen LogP contribution in [-0.4, -0.2) is 93.2 Å². The van der Waals surface area contributed by atoms with Gasteiger partial charge in [0.2, 0.25) is 0 Å². The number of nitrogens with one attached hydrogen (secondary N) is 1. The Morgan fingerprint density at radius 3 is 1.35 bits per heavy atom. The second-order valence-corrected chi connectivity index (χ2v) is 28.9. The first-order chi connectivity index (χ1) is 46.2. The van der Waals surface area contributed by atoms with Crippen LogP contribution in [0.15, 0.2) is 211 Å². The maximum atomic E-state index is 10.8. The number of nitrogen functional groups attached to an aromatic ring is 3. The highest BCUT2D eigenvalue weighted by molar-refractivity contribution is 9.10. The number of rotatable bonds is 6. The van der Waals surface area contributed by atoms with Crippen LogP contribution < -0.4 is 62.1 Å². The number of anilines is 3. The van der Waals surface area contributed by atoms with Crippen molar-refractivity contribution in [2.45, 2.75) is 112 Å². The summed E-state index contributed by atoms with van der Waals surface area (Å²) in [5.74, 6) is 13.8. The SMILES string of the molecule is C.CC(C)(C)c1ccc(-c2nc3cccc(Br)n3n2)cc1.CC(C)(C)c1ccc(-c2nc3cccc(N4CCNCC4)n3n2)cc1.CC(C)(C)c1ccc(-c2nc3ccccn3n2)cc1.CC(C)(C)c1ccc(C(=O)Cl)cc1.NOS(=O)(=O)O.Nc1cccc[n+]1N.Nc1ccccn1.[I-]. The van der Waals surface area contributed by atoms with Crippen LogP contribution in [0.2, 0.25) is 0 Å². The third-order valence-corrected chi connectivity index (χ3v) is 16.1. The van der Waals surface area contributed by atoms with Crippen molar-refractivity contribution in [2.75, 3.05) is 48.4 Å². The van der Waals surface area contributed by atoms with Crippen molar-refractivity contribution in [3.8, 4) is 34.2 Å². The van der Waals surface area contributed by atoms with Gasteiger partial charge in [0.05, 0.1) is 0 Å². The van der Waals surface area contributed by atoms with Crippen LogP contribution in [0.3, 0.4) is 0 Å². The molecule has 0 atom stereocenters. The van der Waals surface area contributed by atoms with Crippen molar-refractivity contribution in [3.05, 3.63) is 239 Å². The Kier molecular flexibility index (Phi) is 29.9. The summed E-state index contributed by atoms with van der Waals surface area (Å²) in [6.07, 6.45) is 5.26. The predicted molar refractivity (Wildman–Crippen MR) is 403 cm³/mol. The number of hydrogen-bond acceptors (Lipinski definition) is 17. The molecule has 100 heavy (non-hydrogen) atoms. The molecule has 1 fully saturated rings. The molecule has 0 unspecified atom stereocenters. The van der Waals surface area contributed by atoms with Crippen LogP contribution in [0, 0.1) is 0 Å². The van der Waals surface area contributed by atoms with Gasteiger partial charge in [-0.2, -0.15) is 23.1 Å². The molecule has 9 heterocycles. The molecule has 10 N–H and O–H groups in total. The Bertz CT molecular complexity index is 4570. The molecule has 8 aromatic heterocycles.